The Morgan fingerprint density at radius 2 is 1.90 bits per heavy atom. The summed E-state index contributed by atoms with van der Waals surface area (Å²) >= 11 is 0. The molecule has 150 valence electrons. The minimum absolute atomic E-state index is 0.0806. The number of carbonyl (C=O) groups is 1. The van der Waals surface area contributed by atoms with Gasteiger partial charge in [-0.2, -0.15) is 0 Å². The second-order valence-electron chi connectivity index (χ2n) is 7.01. The van der Waals surface area contributed by atoms with Gasteiger partial charge in [0, 0.05) is 30.0 Å². The summed E-state index contributed by atoms with van der Waals surface area (Å²) in [6, 6.07) is 15.0. The molecule has 7 heteroatoms. The normalized spacial score (nSPS) is 10.8. The minimum atomic E-state index is -0.123. The predicted octanol–water partition coefficient (Wildman–Crippen LogP) is 3.60. The van der Waals surface area contributed by atoms with Gasteiger partial charge < -0.3 is 21.5 Å². The van der Waals surface area contributed by atoms with Crippen molar-refractivity contribution in [3.63, 3.8) is 0 Å². The van der Waals surface area contributed by atoms with E-state index in [2.05, 4.69) is 20.6 Å². The molecule has 3 aromatic rings. The molecule has 1 amide bonds. The van der Waals surface area contributed by atoms with Crippen LogP contribution in [0.2, 0.25) is 0 Å². The first-order chi connectivity index (χ1) is 14.0. The molecular formula is C22H25N5O2. The zero-order valence-electron chi connectivity index (χ0n) is 16.5. The molecule has 2 aromatic carbocycles. The number of aliphatic hydroxyl groups excluding tert-OH is 1. The van der Waals surface area contributed by atoms with Gasteiger partial charge in [0.2, 0.25) is 11.9 Å². The number of hydrogen-bond donors (Lipinski definition) is 4. The van der Waals surface area contributed by atoms with E-state index < -0.39 is 0 Å². The molecule has 0 saturated heterocycles. The molecule has 0 spiro atoms. The number of carbonyl (C=O) groups excluding carboxylic acids is 1. The van der Waals surface area contributed by atoms with Crippen LogP contribution in [0.1, 0.15) is 19.4 Å². The van der Waals surface area contributed by atoms with Crippen molar-refractivity contribution in [1.29, 1.82) is 0 Å². The van der Waals surface area contributed by atoms with Gasteiger partial charge in [-0.15, -0.1) is 0 Å². The fraction of sp³-hybridized carbons (Fsp3) is 0.227. The minimum Gasteiger partial charge on any atom is -0.397 e. The Hall–Kier alpha value is -3.45. The summed E-state index contributed by atoms with van der Waals surface area (Å²) in [5.74, 6) is 0.262. The predicted molar refractivity (Wildman–Crippen MR) is 116 cm³/mol. The smallest absolute Gasteiger partial charge is 0.227 e. The van der Waals surface area contributed by atoms with E-state index in [1.165, 1.54) is 0 Å². The van der Waals surface area contributed by atoms with Gasteiger partial charge >= 0.3 is 0 Å². The van der Waals surface area contributed by atoms with Crippen molar-refractivity contribution in [2.75, 3.05) is 23.0 Å². The van der Waals surface area contributed by atoms with Gasteiger partial charge in [-0.05, 0) is 42.3 Å². The Morgan fingerprint density at radius 3 is 2.55 bits per heavy atom. The average molecular weight is 391 g/mol. The molecule has 0 aliphatic rings. The highest BCUT2D eigenvalue weighted by Gasteiger charge is 2.11. The van der Waals surface area contributed by atoms with Gasteiger partial charge in [-0.1, -0.05) is 32.0 Å². The van der Waals surface area contributed by atoms with E-state index in [4.69, 9.17) is 10.8 Å². The zero-order valence-corrected chi connectivity index (χ0v) is 16.5. The van der Waals surface area contributed by atoms with Gasteiger partial charge in [0.25, 0.3) is 0 Å². The molecule has 0 unspecified atom stereocenters. The van der Waals surface area contributed by atoms with Crippen molar-refractivity contribution < 1.29 is 9.90 Å². The van der Waals surface area contributed by atoms with Crippen molar-refractivity contribution in [3.05, 3.63) is 60.3 Å². The van der Waals surface area contributed by atoms with Crippen molar-refractivity contribution in [2.24, 2.45) is 5.92 Å². The van der Waals surface area contributed by atoms with E-state index in [0.717, 1.165) is 16.8 Å². The van der Waals surface area contributed by atoms with Crippen LogP contribution < -0.4 is 16.4 Å². The number of nitrogen functional groups attached to an aromatic ring is 1. The fourth-order valence-electron chi connectivity index (χ4n) is 2.71. The third-order valence-electron chi connectivity index (χ3n) is 4.40. The fourth-order valence-corrected chi connectivity index (χ4v) is 2.71. The van der Waals surface area contributed by atoms with Crippen LogP contribution >= 0.6 is 0 Å². The number of hydrogen-bond acceptors (Lipinski definition) is 6. The number of amides is 1. The number of anilines is 4. The lowest BCUT2D eigenvalue weighted by atomic mass is 10.1. The first kappa shape index (κ1) is 20.3. The highest BCUT2D eigenvalue weighted by molar-refractivity contribution is 5.95. The van der Waals surface area contributed by atoms with Crippen molar-refractivity contribution in [3.8, 4) is 11.3 Å². The first-order valence-corrected chi connectivity index (χ1v) is 9.47. The number of nitrogens with one attached hydrogen (secondary N) is 2. The first-order valence-electron chi connectivity index (χ1n) is 9.47. The molecule has 0 saturated carbocycles. The van der Waals surface area contributed by atoms with E-state index in [9.17, 15) is 4.79 Å². The lowest BCUT2D eigenvalue weighted by molar-refractivity contribution is -0.118. The Bertz CT molecular complexity index is 987. The molecule has 0 atom stereocenters. The summed E-state index contributed by atoms with van der Waals surface area (Å²) < 4.78 is 0. The van der Waals surface area contributed by atoms with Gasteiger partial charge in [0.1, 0.15) is 0 Å². The summed E-state index contributed by atoms with van der Waals surface area (Å²) in [5.41, 5.74) is 10.6. The summed E-state index contributed by atoms with van der Waals surface area (Å²) in [7, 11) is 0. The molecule has 0 fully saturated rings. The van der Waals surface area contributed by atoms with E-state index in [0.29, 0.717) is 29.4 Å². The van der Waals surface area contributed by atoms with Crippen LogP contribution in [0.5, 0.6) is 0 Å². The van der Waals surface area contributed by atoms with Crippen LogP contribution in [0.4, 0.5) is 23.0 Å². The number of aromatic nitrogens is 2. The number of nitrogens with zero attached hydrogens (tertiary/aromatic N) is 2. The molecule has 0 bridgehead atoms. The van der Waals surface area contributed by atoms with E-state index >= 15 is 0 Å². The Labute approximate surface area is 170 Å². The molecular weight excluding hydrogens is 366 g/mol. The summed E-state index contributed by atoms with van der Waals surface area (Å²) in [6.45, 7) is 3.78. The van der Waals surface area contributed by atoms with Crippen LogP contribution in [-0.4, -0.2) is 27.6 Å². The van der Waals surface area contributed by atoms with E-state index in [-0.39, 0.29) is 18.4 Å². The zero-order chi connectivity index (χ0) is 20.8. The van der Waals surface area contributed by atoms with Crippen LogP contribution in [0.3, 0.4) is 0 Å². The summed E-state index contributed by atoms with van der Waals surface area (Å²) in [4.78, 5) is 20.7. The van der Waals surface area contributed by atoms with Crippen LogP contribution in [0, 0.1) is 5.92 Å². The SMILES string of the molecule is CC(C)C(=O)Nc1ccc(-c2ccnc(Nc3ccc(CCO)cc3)n2)cc1N. The largest absolute Gasteiger partial charge is 0.397 e. The monoisotopic (exact) mass is 391 g/mol. The summed E-state index contributed by atoms with van der Waals surface area (Å²) in [5, 5.41) is 15.0. The third kappa shape index (κ3) is 5.30. The Balaban J connectivity index is 1.76. The van der Waals surface area contributed by atoms with E-state index in [1.807, 2.05) is 44.2 Å². The lowest BCUT2D eigenvalue weighted by Gasteiger charge is -2.12. The van der Waals surface area contributed by atoms with Crippen LogP contribution in [-0.2, 0) is 11.2 Å². The molecule has 0 radical (unpaired) electrons. The average Bonchev–Trinajstić information content (AvgIpc) is 2.71. The number of aliphatic hydroxyl groups is 1. The Kier molecular flexibility index (Phi) is 6.41. The second-order valence-corrected chi connectivity index (χ2v) is 7.01. The summed E-state index contributed by atoms with van der Waals surface area (Å²) in [6.07, 6.45) is 2.30. The molecule has 0 aliphatic heterocycles. The number of benzene rings is 2. The van der Waals surface area contributed by atoms with Gasteiger partial charge in [-0.3, -0.25) is 4.79 Å². The van der Waals surface area contributed by atoms with Gasteiger partial charge in [-0.25, -0.2) is 9.97 Å². The van der Waals surface area contributed by atoms with Crippen LogP contribution in [0.25, 0.3) is 11.3 Å². The van der Waals surface area contributed by atoms with Crippen LogP contribution in [0.15, 0.2) is 54.7 Å². The van der Waals surface area contributed by atoms with Crippen molar-refractivity contribution in [2.45, 2.75) is 20.3 Å². The van der Waals surface area contributed by atoms with Crippen molar-refractivity contribution in [1.82, 2.24) is 9.97 Å². The topological polar surface area (TPSA) is 113 Å². The van der Waals surface area contributed by atoms with Gasteiger partial charge in [0.05, 0.1) is 17.1 Å². The maximum atomic E-state index is 11.9. The molecule has 0 aliphatic carbocycles. The quantitative estimate of drug-likeness (QED) is 0.458. The third-order valence-corrected chi connectivity index (χ3v) is 4.40. The number of rotatable bonds is 7. The molecule has 7 nitrogen and oxygen atoms in total. The maximum absolute atomic E-state index is 11.9. The van der Waals surface area contributed by atoms with Crippen molar-refractivity contribution >= 4 is 28.9 Å². The molecule has 3 rings (SSSR count). The lowest BCUT2D eigenvalue weighted by Crippen LogP contribution is -2.18. The van der Waals surface area contributed by atoms with Gasteiger partial charge in [0.15, 0.2) is 0 Å². The molecule has 29 heavy (non-hydrogen) atoms. The van der Waals surface area contributed by atoms with E-state index in [1.54, 1.807) is 24.4 Å². The molecule has 5 N–H and O–H groups in total. The second kappa shape index (κ2) is 9.16. The molecule has 1 aromatic heterocycles. The standard InChI is InChI=1S/C22H25N5O2/c1-14(2)21(29)26-20-8-5-16(13-18(20)23)19-9-11-24-22(27-19)25-17-6-3-15(4-7-17)10-12-28/h3-9,11,13-14,28H,10,12,23H2,1-2H3,(H,26,29)(H,24,25,27). The molecule has 1 heterocycles. The number of nitrogens with two attached hydrogens (primary N) is 1. The Morgan fingerprint density at radius 1 is 1.14 bits per heavy atom. The highest BCUT2D eigenvalue weighted by Crippen LogP contribution is 2.27. The maximum Gasteiger partial charge on any atom is 0.227 e. The highest BCUT2D eigenvalue weighted by atomic mass is 16.3.